The minimum Gasteiger partial charge on any atom is -0.473 e. The molecule has 3 rings (SSSR count). The van der Waals surface area contributed by atoms with Gasteiger partial charge in [0.05, 0.1) is 6.26 Å². The number of pyridine rings is 1. The number of nitrogens with one attached hydrogen (secondary N) is 2. The van der Waals surface area contributed by atoms with Gasteiger partial charge in [0.1, 0.15) is 19.0 Å². The van der Waals surface area contributed by atoms with Crippen molar-refractivity contribution in [2.24, 2.45) is 4.99 Å². The molecular weight excluding hydrogens is 507 g/mol. The maximum atomic E-state index is 5.79. The molecule has 0 unspecified atom stereocenters. The number of furan rings is 1. The number of ether oxygens (including phenoxy) is 2. The number of aliphatic imine (C=N–C) groups is 1. The van der Waals surface area contributed by atoms with Crippen molar-refractivity contribution in [2.45, 2.75) is 26.2 Å². The second kappa shape index (κ2) is 14.4. The summed E-state index contributed by atoms with van der Waals surface area (Å²) < 4.78 is 16.6. The lowest BCUT2D eigenvalue weighted by molar-refractivity contribution is 0.105. The van der Waals surface area contributed by atoms with E-state index in [1.165, 1.54) is 0 Å². The molecule has 3 aromatic rings. The Balaban J connectivity index is 0.00000341. The lowest BCUT2D eigenvalue weighted by atomic mass is 10.2. The molecule has 2 heterocycles. The minimum atomic E-state index is 0. The van der Waals surface area contributed by atoms with E-state index in [1.54, 1.807) is 19.5 Å². The van der Waals surface area contributed by atoms with Gasteiger partial charge in [-0.1, -0.05) is 30.3 Å². The molecule has 2 aromatic heterocycles. The lowest BCUT2D eigenvalue weighted by Crippen LogP contribution is -2.37. The molecule has 2 N–H and O–H groups in total. The summed E-state index contributed by atoms with van der Waals surface area (Å²) in [6.07, 6.45) is 4.27. The van der Waals surface area contributed by atoms with Gasteiger partial charge in [-0.05, 0) is 35.7 Å². The van der Waals surface area contributed by atoms with Gasteiger partial charge in [-0.3, -0.25) is 4.99 Å². The average Bonchev–Trinajstić information content (AvgIpc) is 3.31. The molecule has 0 amide bonds. The first-order valence-electron chi connectivity index (χ1n) is 10.00. The lowest BCUT2D eigenvalue weighted by Gasteiger charge is -2.12. The van der Waals surface area contributed by atoms with E-state index >= 15 is 0 Å². The molecule has 0 aliphatic rings. The van der Waals surface area contributed by atoms with Crippen LogP contribution in [0.4, 0.5) is 0 Å². The van der Waals surface area contributed by atoms with Crippen molar-refractivity contribution in [1.29, 1.82) is 0 Å². The van der Waals surface area contributed by atoms with Gasteiger partial charge in [0.15, 0.2) is 5.96 Å². The van der Waals surface area contributed by atoms with Crippen molar-refractivity contribution in [2.75, 3.05) is 20.2 Å². The van der Waals surface area contributed by atoms with Gasteiger partial charge in [-0.2, -0.15) is 0 Å². The fourth-order valence-electron chi connectivity index (χ4n) is 2.73. The van der Waals surface area contributed by atoms with E-state index in [2.05, 4.69) is 20.6 Å². The summed E-state index contributed by atoms with van der Waals surface area (Å²) >= 11 is 0. The van der Waals surface area contributed by atoms with Crippen LogP contribution in [-0.4, -0.2) is 31.1 Å². The highest BCUT2D eigenvalue weighted by atomic mass is 127. The van der Waals surface area contributed by atoms with Gasteiger partial charge in [-0.15, -0.1) is 24.0 Å². The molecule has 0 atom stereocenters. The molecule has 1 aromatic carbocycles. The zero-order chi connectivity index (χ0) is 20.9. The first kappa shape index (κ1) is 24.7. The topological polar surface area (TPSA) is 80.9 Å². The second-order valence-electron chi connectivity index (χ2n) is 6.61. The minimum absolute atomic E-state index is 0. The monoisotopic (exact) mass is 536 g/mol. The highest BCUT2D eigenvalue weighted by Gasteiger charge is 2.02. The molecule has 0 aliphatic carbocycles. The van der Waals surface area contributed by atoms with Crippen molar-refractivity contribution >= 4 is 29.9 Å². The van der Waals surface area contributed by atoms with E-state index in [0.717, 1.165) is 35.8 Å². The zero-order valence-corrected chi connectivity index (χ0v) is 20.0. The molecule has 0 aliphatic heterocycles. The maximum absolute atomic E-state index is 5.79. The Labute approximate surface area is 200 Å². The van der Waals surface area contributed by atoms with Crippen LogP contribution in [0.5, 0.6) is 5.88 Å². The van der Waals surface area contributed by atoms with Crippen molar-refractivity contribution < 1.29 is 13.9 Å². The fourth-order valence-corrected chi connectivity index (χ4v) is 2.73. The third-order valence-corrected chi connectivity index (χ3v) is 4.29. The van der Waals surface area contributed by atoms with Crippen LogP contribution in [0.25, 0.3) is 0 Å². The smallest absolute Gasteiger partial charge is 0.213 e. The third-order valence-electron chi connectivity index (χ3n) is 4.29. The van der Waals surface area contributed by atoms with Crippen molar-refractivity contribution in [3.05, 3.63) is 83.9 Å². The highest BCUT2D eigenvalue weighted by molar-refractivity contribution is 14.0. The van der Waals surface area contributed by atoms with Gasteiger partial charge in [0.2, 0.25) is 5.88 Å². The van der Waals surface area contributed by atoms with Gasteiger partial charge in [0, 0.05) is 39.0 Å². The zero-order valence-electron chi connectivity index (χ0n) is 17.6. The highest BCUT2D eigenvalue weighted by Crippen LogP contribution is 2.11. The van der Waals surface area contributed by atoms with Crippen LogP contribution in [0.3, 0.4) is 0 Å². The van der Waals surface area contributed by atoms with Crippen LogP contribution in [0.1, 0.15) is 23.3 Å². The van der Waals surface area contributed by atoms with Gasteiger partial charge >= 0.3 is 0 Å². The largest absolute Gasteiger partial charge is 0.473 e. The summed E-state index contributed by atoms with van der Waals surface area (Å²) in [6, 6.07) is 17.7. The molecule has 0 bridgehead atoms. The van der Waals surface area contributed by atoms with Gasteiger partial charge in [-0.25, -0.2) is 4.98 Å². The van der Waals surface area contributed by atoms with E-state index in [1.807, 2.05) is 54.6 Å². The van der Waals surface area contributed by atoms with E-state index in [0.29, 0.717) is 32.2 Å². The van der Waals surface area contributed by atoms with Crippen LogP contribution >= 0.6 is 24.0 Å². The van der Waals surface area contributed by atoms with Gasteiger partial charge in [0.25, 0.3) is 0 Å². The third kappa shape index (κ3) is 9.39. The van der Waals surface area contributed by atoms with E-state index < -0.39 is 0 Å². The van der Waals surface area contributed by atoms with Crippen LogP contribution in [-0.2, 0) is 24.5 Å². The number of guanidine groups is 1. The number of aromatic nitrogens is 1. The van der Waals surface area contributed by atoms with Gasteiger partial charge < -0.3 is 24.5 Å². The Morgan fingerprint density at radius 3 is 2.68 bits per heavy atom. The Kier molecular flexibility index (Phi) is 11.5. The molecule has 0 spiro atoms. The normalized spacial score (nSPS) is 10.9. The molecule has 8 heteroatoms. The quantitative estimate of drug-likeness (QED) is 0.166. The summed E-state index contributed by atoms with van der Waals surface area (Å²) in [5.41, 5.74) is 2.18. The van der Waals surface area contributed by atoms with E-state index in [9.17, 15) is 0 Å². The maximum Gasteiger partial charge on any atom is 0.213 e. The van der Waals surface area contributed by atoms with E-state index in [4.69, 9.17) is 13.9 Å². The predicted octanol–water partition coefficient (Wildman–Crippen LogP) is 4.14. The van der Waals surface area contributed by atoms with Crippen molar-refractivity contribution in [3.8, 4) is 5.88 Å². The second-order valence-corrected chi connectivity index (χ2v) is 6.61. The molecule has 0 fully saturated rings. The number of nitrogens with zero attached hydrogens (tertiary/aromatic N) is 2. The number of rotatable bonds is 11. The Bertz CT molecular complexity index is 889. The predicted molar refractivity (Wildman–Crippen MR) is 132 cm³/mol. The summed E-state index contributed by atoms with van der Waals surface area (Å²) in [5, 5.41) is 6.58. The number of hydrogen-bond acceptors (Lipinski definition) is 5. The van der Waals surface area contributed by atoms with Crippen molar-refractivity contribution in [3.63, 3.8) is 0 Å². The number of benzene rings is 1. The summed E-state index contributed by atoms with van der Waals surface area (Å²) in [5.74, 6) is 2.18. The molecular formula is C23H29IN4O3. The Morgan fingerprint density at radius 2 is 1.90 bits per heavy atom. The average molecular weight is 536 g/mol. The van der Waals surface area contributed by atoms with E-state index in [-0.39, 0.29) is 24.0 Å². The molecule has 7 nitrogen and oxygen atoms in total. The molecule has 0 saturated carbocycles. The first-order chi connectivity index (χ1) is 14.8. The number of hydrogen-bond donors (Lipinski definition) is 2. The summed E-state index contributed by atoms with van der Waals surface area (Å²) in [6.45, 7) is 3.03. The SMILES string of the molecule is CN=C(NCCCOCc1ccco1)NCc1ccnc(OCc2ccccc2)c1.I. The summed E-state index contributed by atoms with van der Waals surface area (Å²) in [7, 11) is 1.75. The van der Waals surface area contributed by atoms with Crippen LogP contribution in [0.2, 0.25) is 0 Å². The summed E-state index contributed by atoms with van der Waals surface area (Å²) in [4.78, 5) is 8.53. The standard InChI is InChI=1S/C23H28N4O3.HI/c1-24-23(26-11-6-13-28-18-21-9-5-14-29-21)27-16-20-10-12-25-22(15-20)30-17-19-7-3-2-4-8-19;/h2-5,7-10,12,14-15H,6,11,13,16-18H2,1H3,(H2,24,26,27);1H. The van der Waals surface area contributed by atoms with Crippen LogP contribution in [0.15, 0.2) is 76.5 Å². The van der Waals surface area contributed by atoms with Crippen LogP contribution in [0, 0.1) is 0 Å². The Hall–Kier alpha value is -2.59. The van der Waals surface area contributed by atoms with Crippen LogP contribution < -0.4 is 15.4 Å². The molecule has 0 radical (unpaired) electrons. The number of halogens is 1. The molecule has 0 saturated heterocycles. The first-order valence-corrected chi connectivity index (χ1v) is 10.00. The molecule has 166 valence electrons. The fraction of sp³-hybridized carbons (Fsp3) is 0.304. The van der Waals surface area contributed by atoms with Crippen molar-refractivity contribution in [1.82, 2.24) is 15.6 Å². The molecule has 31 heavy (non-hydrogen) atoms. The Morgan fingerprint density at radius 1 is 1.03 bits per heavy atom.